The summed E-state index contributed by atoms with van der Waals surface area (Å²) in [7, 11) is -3.98. The monoisotopic (exact) mass is 522 g/mol. The summed E-state index contributed by atoms with van der Waals surface area (Å²) in [6.07, 6.45) is 0.385. The summed E-state index contributed by atoms with van der Waals surface area (Å²) < 4.78 is 28.5. The van der Waals surface area contributed by atoms with Crippen molar-refractivity contribution in [1.82, 2.24) is 19.8 Å². The first kappa shape index (κ1) is 25.2. The van der Waals surface area contributed by atoms with Gasteiger partial charge in [-0.2, -0.15) is 4.72 Å². The molecule has 2 aliphatic rings. The van der Waals surface area contributed by atoms with Gasteiger partial charge < -0.3 is 20.2 Å². The number of halogens is 1. The van der Waals surface area contributed by atoms with Crippen LogP contribution in [0.5, 0.6) is 0 Å². The Labute approximate surface area is 208 Å². The van der Waals surface area contributed by atoms with Gasteiger partial charge in [0.1, 0.15) is 12.1 Å². The maximum Gasteiger partial charge on any atom is 0.404 e. The fourth-order valence-corrected chi connectivity index (χ4v) is 6.12. The smallest absolute Gasteiger partial charge is 0.404 e. The van der Waals surface area contributed by atoms with E-state index in [4.69, 9.17) is 16.7 Å². The summed E-state index contributed by atoms with van der Waals surface area (Å²) in [5.74, 6) is -0.744. The minimum Gasteiger partial charge on any atom is -0.465 e. The van der Waals surface area contributed by atoms with Crippen molar-refractivity contribution in [3.63, 3.8) is 0 Å². The van der Waals surface area contributed by atoms with E-state index in [0.717, 1.165) is 5.39 Å². The molecule has 0 spiro atoms. The second-order valence-corrected chi connectivity index (χ2v) is 11.0. The van der Waals surface area contributed by atoms with Gasteiger partial charge in [0.2, 0.25) is 21.8 Å². The van der Waals surface area contributed by atoms with Crippen LogP contribution in [0.3, 0.4) is 0 Å². The average Bonchev–Trinajstić information content (AvgIpc) is 3.16. The lowest BCUT2D eigenvalue weighted by atomic mass is 10.0. The van der Waals surface area contributed by atoms with Crippen LogP contribution in [0.25, 0.3) is 10.8 Å². The first-order chi connectivity index (χ1) is 16.5. The fraction of sp³-hybridized carbons (Fsp3) is 0.435. The Bertz CT molecular complexity index is 1270. The van der Waals surface area contributed by atoms with Crippen LogP contribution in [-0.2, 0) is 19.6 Å². The van der Waals surface area contributed by atoms with Crippen LogP contribution in [0.4, 0.5) is 4.79 Å². The van der Waals surface area contributed by atoms with Crippen LogP contribution in [0, 0.1) is 0 Å². The van der Waals surface area contributed by atoms with Crippen LogP contribution >= 0.6 is 11.6 Å². The van der Waals surface area contributed by atoms with Gasteiger partial charge in [0.15, 0.2) is 0 Å². The van der Waals surface area contributed by atoms with Crippen molar-refractivity contribution >= 4 is 50.3 Å². The predicted octanol–water partition coefficient (Wildman–Crippen LogP) is 2.02. The molecule has 0 aromatic heterocycles. The molecule has 0 aliphatic carbocycles. The van der Waals surface area contributed by atoms with Gasteiger partial charge in [-0.1, -0.05) is 23.7 Å². The topological polar surface area (TPSA) is 136 Å². The van der Waals surface area contributed by atoms with Crippen LogP contribution in [0.15, 0.2) is 41.3 Å². The molecule has 188 valence electrons. The Kier molecular flexibility index (Phi) is 7.20. The standard InChI is InChI=1S/C23H27ClN4O6S/c1-14(21(29)27-9-2-3-18(13-27)25-23(31)32)28-10-8-20(22(28)30)26-35(33,34)19-7-5-15-11-17(24)6-4-16(15)12-19/h4-7,11-12,14,18,20,25-26H,2-3,8-10,13H2,1H3,(H,31,32)/t14-,18+,20-/m0/s1. The SMILES string of the molecule is C[C@@H](C(=O)N1CCC[C@@H](NC(=O)O)C1)N1CC[C@H](NS(=O)(=O)c2ccc3cc(Cl)ccc3c2)C1=O. The number of likely N-dealkylation sites (tertiary alicyclic amines) is 2. The average molecular weight is 523 g/mol. The first-order valence-corrected chi connectivity index (χ1v) is 13.2. The van der Waals surface area contributed by atoms with E-state index in [1.165, 1.54) is 17.0 Å². The lowest BCUT2D eigenvalue weighted by Crippen LogP contribution is -2.55. The molecule has 4 rings (SSSR count). The molecule has 2 aliphatic heterocycles. The highest BCUT2D eigenvalue weighted by molar-refractivity contribution is 7.89. The first-order valence-electron chi connectivity index (χ1n) is 11.4. The number of sulfonamides is 1. The van der Waals surface area contributed by atoms with E-state index < -0.39 is 34.1 Å². The van der Waals surface area contributed by atoms with Crippen molar-refractivity contribution in [2.45, 2.75) is 49.2 Å². The number of carbonyl (C=O) groups is 3. The third-order valence-electron chi connectivity index (χ3n) is 6.51. The minimum atomic E-state index is -3.98. The highest BCUT2D eigenvalue weighted by atomic mass is 35.5. The molecular weight excluding hydrogens is 496 g/mol. The highest BCUT2D eigenvalue weighted by Crippen LogP contribution is 2.24. The maximum atomic E-state index is 13.0. The van der Waals surface area contributed by atoms with Crippen molar-refractivity contribution in [3.05, 3.63) is 41.4 Å². The molecule has 0 saturated carbocycles. The van der Waals surface area contributed by atoms with E-state index in [1.54, 1.807) is 36.1 Å². The molecule has 2 saturated heterocycles. The zero-order valence-corrected chi connectivity index (χ0v) is 20.7. The van der Waals surface area contributed by atoms with Gasteiger partial charge in [-0.25, -0.2) is 13.2 Å². The Morgan fingerprint density at radius 2 is 1.83 bits per heavy atom. The highest BCUT2D eigenvalue weighted by Gasteiger charge is 2.40. The number of hydrogen-bond donors (Lipinski definition) is 3. The number of rotatable bonds is 6. The number of benzene rings is 2. The number of fused-ring (bicyclic) bond motifs is 1. The van der Waals surface area contributed by atoms with E-state index in [0.29, 0.717) is 29.8 Å². The van der Waals surface area contributed by atoms with Crippen LogP contribution in [0.1, 0.15) is 26.2 Å². The molecular formula is C23H27ClN4O6S. The molecule has 10 nitrogen and oxygen atoms in total. The summed E-state index contributed by atoms with van der Waals surface area (Å²) in [5.41, 5.74) is 0. The number of carboxylic acid groups (broad SMARTS) is 1. The molecule has 3 atom stereocenters. The van der Waals surface area contributed by atoms with Gasteiger partial charge in [0, 0.05) is 30.7 Å². The summed E-state index contributed by atoms with van der Waals surface area (Å²) in [4.78, 5) is 40.0. The van der Waals surface area contributed by atoms with Crippen molar-refractivity contribution in [1.29, 1.82) is 0 Å². The van der Waals surface area contributed by atoms with Crippen molar-refractivity contribution < 1.29 is 27.9 Å². The third kappa shape index (κ3) is 5.52. The van der Waals surface area contributed by atoms with Gasteiger partial charge in [-0.05, 0) is 61.2 Å². The van der Waals surface area contributed by atoms with E-state index in [-0.39, 0.29) is 36.4 Å². The quantitative estimate of drug-likeness (QED) is 0.531. The Morgan fingerprint density at radius 1 is 1.11 bits per heavy atom. The molecule has 3 N–H and O–H groups in total. The van der Waals surface area contributed by atoms with Crippen molar-refractivity contribution in [2.75, 3.05) is 19.6 Å². The number of piperidine rings is 1. The lowest BCUT2D eigenvalue weighted by molar-refractivity contribution is -0.144. The normalized spacial score (nSPS) is 21.8. The number of nitrogens with one attached hydrogen (secondary N) is 2. The number of hydrogen-bond acceptors (Lipinski definition) is 5. The molecule has 3 amide bonds. The second kappa shape index (κ2) is 10.00. The molecule has 0 bridgehead atoms. The van der Waals surface area contributed by atoms with Gasteiger partial charge >= 0.3 is 6.09 Å². The molecule has 12 heteroatoms. The number of nitrogens with zero attached hydrogens (tertiary/aromatic N) is 2. The summed E-state index contributed by atoms with van der Waals surface area (Å²) in [6, 6.07) is 7.66. The second-order valence-electron chi connectivity index (χ2n) is 8.90. The number of amides is 3. The van der Waals surface area contributed by atoms with Crippen molar-refractivity contribution in [3.8, 4) is 0 Å². The van der Waals surface area contributed by atoms with Crippen LogP contribution in [-0.4, -0.2) is 79.0 Å². The summed E-state index contributed by atoms with van der Waals surface area (Å²) >= 11 is 5.99. The summed E-state index contributed by atoms with van der Waals surface area (Å²) in [6.45, 7) is 2.56. The molecule has 2 aromatic carbocycles. The Morgan fingerprint density at radius 3 is 2.57 bits per heavy atom. The van der Waals surface area contributed by atoms with Gasteiger partial charge in [0.25, 0.3) is 0 Å². The Balaban J connectivity index is 1.42. The van der Waals surface area contributed by atoms with Crippen LogP contribution < -0.4 is 10.0 Å². The molecule has 0 unspecified atom stereocenters. The minimum absolute atomic E-state index is 0.0352. The fourth-order valence-electron chi connectivity index (χ4n) is 4.68. The van der Waals surface area contributed by atoms with E-state index >= 15 is 0 Å². The van der Waals surface area contributed by atoms with Crippen molar-refractivity contribution in [2.24, 2.45) is 0 Å². The lowest BCUT2D eigenvalue weighted by Gasteiger charge is -2.36. The molecule has 2 aromatic rings. The third-order valence-corrected chi connectivity index (χ3v) is 8.21. The zero-order valence-electron chi connectivity index (χ0n) is 19.1. The van der Waals surface area contributed by atoms with Crippen LogP contribution in [0.2, 0.25) is 5.02 Å². The van der Waals surface area contributed by atoms with E-state index in [1.807, 2.05) is 0 Å². The summed E-state index contributed by atoms with van der Waals surface area (Å²) in [5, 5.41) is 13.4. The molecule has 0 radical (unpaired) electrons. The predicted molar refractivity (Wildman–Crippen MR) is 130 cm³/mol. The molecule has 2 fully saturated rings. The largest absolute Gasteiger partial charge is 0.465 e. The molecule has 35 heavy (non-hydrogen) atoms. The van der Waals surface area contributed by atoms with E-state index in [9.17, 15) is 22.8 Å². The van der Waals surface area contributed by atoms with Gasteiger partial charge in [-0.3, -0.25) is 9.59 Å². The zero-order chi connectivity index (χ0) is 25.3. The Hall–Kier alpha value is -2.89. The number of carbonyl (C=O) groups excluding carboxylic acids is 2. The molecule has 2 heterocycles. The maximum absolute atomic E-state index is 13.0. The van der Waals surface area contributed by atoms with E-state index in [2.05, 4.69) is 10.0 Å². The van der Waals surface area contributed by atoms with Gasteiger partial charge in [-0.15, -0.1) is 0 Å². The van der Waals surface area contributed by atoms with Gasteiger partial charge in [0.05, 0.1) is 4.90 Å².